The maximum absolute atomic E-state index is 5.40. The summed E-state index contributed by atoms with van der Waals surface area (Å²) in [7, 11) is 0. The molecule has 1 aromatic carbocycles. The zero-order chi connectivity index (χ0) is 12.9. The molecular formula is C16H23NO2. The van der Waals surface area contributed by atoms with Crippen molar-refractivity contribution < 1.29 is 9.47 Å². The van der Waals surface area contributed by atoms with Crippen LogP contribution < -0.4 is 14.8 Å². The molecule has 1 fully saturated rings. The maximum atomic E-state index is 5.40. The third-order valence-electron chi connectivity index (χ3n) is 4.12. The molecule has 1 aliphatic carbocycles. The van der Waals surface area contributed by atoms with Crippen molar-refractivity contribution in [1.29, 1.82) is 0 Å². The van der Waals surface area contributed by atoms with E-state index in [1.165, 1.54) is 44.1 Å². The average molecular weight is 261 g/mol. The normalized spacial score (nSPS) is 18.7. The number of hydrogen-bond donors (Lipinski definition) is 1. The van der Waals surface area contributed by atoms with Crippen LogP contribution in [0.5, 0.6) is 11.5 Å². The molecule has 1 saturated carbocycles. The molecule has 104 valence electrons. The van der Waals surface area contributed by atoms with Gasteiger partial charge in [0.2, 0.25) is 6.79 Å². The Labute approximate surface area is 115 Å². The van der Waals surface area contributed by atoms with Gasteiger partial charge < -0.3 is 14.8 Å². The summed E-state index contributed by atoms with van der Waals surface area (Å²) in [5.74, 6) is 1.78. The first kappa shape index (κ1) is 12.8. The largest absolute Gasteiger partial charge is 0.454 e. The molecule has 0 unspecified atom stereocenters. The highest BCUT2D eigenvalue weighted by Crippen LogP contribution is 2.32. The van der Waals surface area contributed by atoms with Crippen LogP contribution in [-0.4, -0.2) is 19.4 Å². The van der Waals surface area contributed by atoms with E-state index >= 15 is 0 Å². The zero-order valence-corrected chi connectivity index (χ0v) is 11.5. The predicted octanol–water partition coefficient (Wildman–Crippen LogP) is 3.27. The second-order valence-corrected chi connectivity index (χ2v) is 5.58. The SMILES string of the molecule is c1cc2c(cc1CCCNC1CCCCC1)OCO2. The first-order valence-corrected chi connectivity index (χ1v) is 7.54. The van der Waals surface area contributed by atoms with Crippen molar-refractivity contribution in [2.75, 3.05) is 13.3 Å². The van der Waals surface area contributed by atoms with Gasteiger partial charge in [0.25, 0.3) is 0 Å². The van der Waals surface area contributed by atoms with E-state index in [0.717, 1.165) is 30.5 Å². The van der Waals surface area contributed by atoms with Gasteiger partial charge in [0.15, 0.2) is 11.5 Å². The lowest BCUT2D eigenvalue weighted by Crippen LogP contribution is -2.31. The second-order valence-electron chi connectivity index (χ2n) is 5.58. The van der Waals surface area contributed by atoms with Gasteiger partial charge in [-0.1, -0.05) is 25.3 Å². The number of nitrogens with one attached hydrogen (secondary N) is 1. The molecule has 3 heteroatoms. The van der Waals surface area contributed by atoms with E-state index in [0.29, 0.717) is 6.79 Å². The van der Waals surface area contributed by atoms with Gasteiger partial charge in [-0.15, -0.1) is 0 Å². The van der Waals surface area contributed by atoms with E-state index < -0.39 is 0 Å². The van der Waals surface area contributed by atoms with Crippen LogP contribution in [0.4, 0.5) is 0 Å². The van der Waals surface area contributed by atoms with Crippen LogP contribution in [0.1, 0.15) is 44.1 Å². The standard InChI is InChI=1S/C16H23NO2/c1-2-6-14(7-3-1)17-10-4-5-13-8-9-15-16(11-13)19-12-18-15/h8-9,11,14,17H,1-7,10,12H2. The molecular weight excluding hydrogens is 238 g/mol. The third-order valence-corrected chi connectivity index (χ3v) is 4.12. The lowest BCUT2D eigenvalue weighted by molar-refractivity contribution is 0.174. The Bertz CT molecular complexity index is 413. The van der Waals surface area contributed by atoms with Crippen molar-refractivity contribution in [3.63, 3.8) is 0 Å². The number of aryl methyl sites for hydroxylation is 1. The topological polar surface area (TPSA) is 30.5 Å². The third kappa shape index (κ3) is 3.41. The van der Waals surface area contributed by atoms with Crippen LogP contribution in [-0.2, 0) is 6.42 Å². The Morgan fingerprint density at radius 3 is 2.79 bits per heavy atom. The monoisotopic (exact) mass is 261 g/mol. The summed E-state index contributed by atoms with van der Waals surface area (Å²) in [6, 6.07) is 7.05. The van der Waals surface area contributed by atoms with E-state index in [9.17, 15) is 0 Å². The van der Waals surface area contributed by atoms with Crippen molar-refractivity contribution >= 4 is 0 Å². The van der Waals surface area contributed by atoms with Crippen LogP contribution in [0.15, 0.2) is 18.2 Å². The van der Waals surface area contributed by atoms with Gasteiger partial charge in [0.1, 0.15) is 0 Å². The van der Waals surface area contributed by atoms with Gasteiger partial charge in [-0.2, -0.15) is 0 Å². The molecule has 1 heterocycles. The summed E-state index contributed by atoms with van der Waals surface area (Å²) in [5.41, 5.74) is 1.34. The summed E-state index contributed by atoms with van der Waals surface area (Å²) >= 11 is 0. The van der Waals surface area contributed by atoms with Crippen LogP contribution in [0, 0.1) is 0 Å². The van der Waals surface area contributed by atoms with Crippen molar-refractivity contribution in [2.24, 2.45) is 0 Å². The number of ether oxygens (including phenoxy) is 2. The molecule has 0 amide bonds. The summed E-state index contributed by atoms with van der Waals surface area (Å²) in [6.07, 6.45) is 9.26. The van der Waals surface area contributed by atoms with Crippen molar-refractivity contribution in [3.05, 3.63) is 23.8 Å². The minimum absolute atomic E-state index is 0.363. The summed E-state index contributed by atoms with van der Waals surface area (Å²) in [4.78, 5) is 0. The van der Waals surface area contributed by atoms with E-state index in [1.807, 2.05) is 6.07 Å². The smallest absolute Gasteiger partial charge is 0.231 e. The Balaban J connectivity index is 1.40. The molecule has 3 nitrogen and oxygen atoms in total. The molecule has 0 saturated heterocycles. The van der Waals surface area contributed by atoms with E-state index in [1.54, 1.807) is 0 Å². The van der Waals surface area contributed by atoms with Gasteiger partial charge >= 0.3 is 0 Å². The Morgan fingerprint density at radius 1 is 1.05 bits per heavy atom. The van der Waals surface area contributed by atoms with Gasteiger partial charge in [0.05, 0.1) is 0 Å². The first-order chi connectivity index (χ1) is 9.42. The fourth-order valence-electron chi connectivity index (χ4n) is 3.00. The number of benzene rings is 1. The zero-order valence-electron chi connectivity index (χ0n) is 11.5. The highest BCUT2D eigenvalue weighted by Gasteiger charge is 2.14. The van der Waals surface area contributed by atoms with E-state index in [2.05, 4.69) is 17.4 Å². The summed E-state index contributed by atoms with van der Waals surface area (Å²) < 4.78 is 10.7. The highest BCUT2D eigenvalue weighted by atomic mass is 16.7. The molecule has 19 heavy (non-hydrogen) atoms. The van der Waals surface area contributed by atoms with E-state index in [-0.39, 0.29) is 0 Å². The highest BCUT2D eigenvalue weighted by molar-refractivity contribution is 5.44. The number of hydrogen-bond acceptors (Lipinski definition) is 3. The van der Waals surface area contributed by atoms with Gasteiger partial charge in [-0.25, -0.2) is 0 Å². The lowest BCUT2D eigenvalue weighted by atomic mass is 9.95. The number of rotatable bonds is 5. The van der Waals surface area contributed by atoms with Crippen LogP contribution >= 0.6 is 0 Å². The van der Waals surface area contributed by atoms with Gasteiger partial charge in [0, 0.05) is 6.04 Å². The summed E-state index contributed by atoms with van der Waals surface area (Å²) in [6.45, 7) is 1.49. The van der Waals surface area contributed by atoms with Crippen molar-refractivity contribution in [2.45, 2.75) is 51.0 Å². The quantitative estimate of drug-likeness (QED) is 0.825. The van der Waals surface area contributed by atoms with Crippen molar-refractivity contribution in [1.82, 2.24) is 5.32 Å². The molecule has 1 N–H and O–H groups in total. The van der Waals surface area contributed by atoms with Crippen LogP contribution in [0.3, 0.4) is 0 Å². The molecule has 0 aromatic heterocycles. The average Bonchev–Trinajstić information content (AvgIpc) is 2.92. The maximum Gasteiger partial charge on any atom is 0.231 e. The molecule has 0 radical (unpaired) electrons. The lowest BCUT2D eigenvalue weighted by Gasteiger charge is -2.22. The summed E-state index contributed by atoms with van der Waals surface area (Å²) in [5, 5.41) is 3.69. The van der Waals surface area contributed by atoms with E-state index in [4.69, 9.17) is 9.47 Å². The van der Waals surface area contributed by atoms with Crippen LogP contribution in [0.2, 0.25) is 0 Å². The van der Waals surface area contributed by atoms with Gasteiger partial charge in [-0.05, 0) is 49.9 Å². The van der Waals surface area contributed by atoms with Crippen molar-refractivity contribution in [3.8, 4) is 11.5 Å². The second kappa shape index (κ2) is 6.29. The first-order valence-electron chi connectivity index (χ1n) is 7.54. The minimum atomic E-state index is 0.363. The Hall–Kier alpha value is -1.22. The molecule has 1 aliphatic heterocycles. The molecule has 1 aromatic rings. The molecule has 3 rings (SSSR count). The number of fused-ring (bicyclic) bond motifs is 1. The molecule has 0 atom stereocenters. The minimum Gasteiger partial charge on any atom is -0.454 e. The van der Waals surface area contributed by atoms with Crippen LogP contribution in [0.25, 0.3) is 0 Å². The van der Waals surface area contributed by atoms with Gasteiger partial charge in [-0.3, -0.25) is 0 Å². The Kier molecular flexibility index (Phi) is 4.23. The molecule has 0 bridgehead atoms. The molecule has 2 aliphatic rings. The molecule has 0 spiro atoms. The Morgan fingerprint density at radius 2 is 1.89 bits per heavy atom. The fourth-order valence-corrected chi connectivity index (χ4v) is 3.00. The fraction of sp³-hybridized carbons (Fsp3) is 0.625. The predicted molar refractivity (Wildman–Crippen MR) is 75.8 cm³/mol.